The number of imidazole rings is 1. The number of hydrogen-bond acceptors (Lipinski definition) is 3. The van der Waals surface area contributed by atoms with E-state index in [1.165, 1.54) is 0 Å². The fourth-order valence-corrected chi connectivity index (χ4v) is 2.42. The Morgan fingerprint density at radius 3 is 2.62 bits per heavy atom. The molecule has 0 aliphatic carbocycles. The van der Waals surface area contributed by atoms with Crippen LogP contribution in [0.5, 0.6) is 0 Å². The summed E-state index contributed by atoms with van der Waals surface area (Å²) in [5.74, 6) is 0.757. The van der Waals surface area contributed by atoms with Crippen LogP contribution in [0.2, 0.25) is 0 Å². The van der Waals surface area contributed by atoms with Crippen molar-refractivity contribution < 1.29 is 4.79 Å². The van der Waals surface area contributed by atoms with Gasteiger partial charge in [0.25, 0.3) is 0 Å². The summed E-state index contributed by atoms with van der Waals surface area (Å²) in [5, 5.41) is 4.24. The Morgan fingerprint density at radius 2 is 2.12 bits per heavy atom. The van der Waals surface area contributed by atoms with Crippen molar-refractivity contribution in [1.29, 1.82) is 0 Å². The Labute approximate surface area is 120 Å². The third-order valence-electron chi connectivity index (χ3n) is 2.25. The number of halogens is 2. The fourth-order valence-electron chi connectivity index (χ4n) is 1.55. The van der Waals surface area contributed by atoms with Gasteiger partial charge in [-0.3, -0.25) is 14.0 Å². The van der Waals surface area contributed by atoms with Crippen LogP contribution in [0, 0.1) is 14.3 Å². The lowest BCUT2D eigenvalue weighted by molar-refractivity contribution is 0.112. The van der Waals surface area contributed by atoms with Crippen LogP contribution in [-0.2, 0) is 7.05 Å². The smallest absolute Gasteiger partial charge is 0.155 e. The molecule has 7 heteroatoms. The molecule has 2 rings (SSSR count). The molecule has 0 radical (unpaired) electrons. The highest BCUT2D eigenvalue weighted by Crippen LogP contribution is 2.21. The molecule has 0 saturated heterocycles. The predicted octanol–water partition coefficient (Wildman–Crippen LogP) is 1.94. The Bertz CT molecular complexity index is 558. The Balaban J connectivity index is 2.73. The number of aldehydes is 1. The molecule has 0 atom stereocenters. The molecule has 0 unspecified atom stereocenters. The third-order valence-corrected chi connectivity index (χ3v) is 5.10. The second-order valence-electron chi connectivity index (χ2n) is 3.26. The van der Waals surface area contributed by atoms with E-state index in [0.29, 0.717) is 5.56 Å². The fraction of sp³-hybridized carbons (Fsp3) is 0.222. The van der Waals surface area contributed by atoms with E-state index in [9.17, 15) is 4.79 Å². The van der Waals surface area contributed by atoms with Crippen LogP contribution in [-0.4, -0.2) is 25.6 Å². The topological polar surface area (TPSA) is 52.7 Å². The van der Waals surface area contributed by atoms with Gasteiger partial charge in [-0.05, 0) is 52.1 Å². The Kier molecular flexibility index (Phi) is 3.33. The van der Waals surface area contributed by atoms with Gasteiger partial charge >= 0.3 is 0 Å². The monoisotopic (exact) mass is 442 g/mol. The predicted molar refractivity (Wildman–Crippen MR) is 75.9 cm³/mol. The van der Waals surface area contributed by atoms with Gasteiger partial charge in [-0.15, -0.1) is 0 Å². The quantitative estimate of drug-likeness (QED) is 0.528. The average molecular weight is 442 g/mol. The minimum absolute atomic E-state index is 0.606. The molecule has 0 aromatic carbocycles. The molecule has 16 heavy (non-hydrogen) atoms. The van der Waals surface area contributed by atoms with Crippen molar-refractivity contribution in [1.82, 2.24) is 19.3 Å². The van der Waals surface area contributed by atoms with Gasteiger partial charge in [-0.25, -0.2) is 4.98 Å². The molecule has 2 aromatic heterocycles. The summed E-state index contributed by atoms with van der Waals surface area (Å²) in [6.45, 7) is 1.82. The van der Waals surface area contributed by atoms with E-state index in [1.807, 2.05) is 18.5 Å². The summed E-state index contributed by atoms with van der Waals surface area (Å²) in [4.78, 5) is 15.3. The van der Waals surface area contributed by atoms with Crippen molar-refractivity contribution in [3.05, 3.63) is 25.0 Å². The van der Waals surface area contributed by atoms with Crippen molar-refractivity contribution in [2.24, 2.45) is 7.05 Å². The highest BCUT2D eigenvalue weighted by molar-refractivity contribution is 14.1. The molecule has 0 saturated carbocycles. The maximum Gasteiger partial charge on any atom is 0.155 e. The van der Waals surface area contributed by atoms with Crippen molar-refractivity contribution in [3.63, 3.8) is 0 Å². The number of nitrogens with zero attached hydrogens (tertiary/aromatic N) is 4. The molecule has 5 nitrogen and oxygen atoms in total. The van der Waals surface area contributed by atoms with Crippen molar-refractivity contribution >= 4 is 51.5 Å². The summed E-state index contributed by atoms with van der Waals surface area (Å²) in [7, 11) is 1.82. The maximum absolute atomic E-state index is 11.1. The second-order valence-corrected chi connectivity index (χ2v) is 5.30. The first-order valence-corrected chi connectivity index (χ1v) is 6.59. The van der Waals surface area contributed by atoms with Crippen LogP contribution < -0.4 is 0 Å². The third kappa shape index (κ3) is 1.79. The van der Waals surface area contributed by atoms with E-state index in [0.717, 1.165) is 25.2 Å². The summed E-state index contributed by atoms with van der Waals surface area (Å²) in [6, 6.07) is 0. The van der Waals surface area contributed by atoms with Gasteiger partial charge < -0.3 is 0 Å². The zero-order valence-corrected chi connectivity index (χ0v) is 12.9. The number of aryl methyl sites for hydroxylation is 2. The lowest BCUT2D eigenvalue weighted by Gasteiger charge is -2.05. The number of hydrogen-bond donors (Lipinski definition) is 0. The lowest BCUT2D eigenvalue weighted by Crippen LogP contribution is -2.05. The van der Waals surface area contributed by atoms with E-state index in [1.54, 1.807) is 11.0 Å². The molecule has 84 valence electrons. The van der Waals surface area contributed by atoms with E-state index < -0.39 is 0 Å². The highest BCUT2D eigenvalue weighted by atomic mass is 127. The molecule has 0 aliphatic rings. The highest BCUT2D eigenvalue weighted by Gasteiger charge is 2.17. The first kappa shape index (κ1) is 12.0. The van der Waals surface area contributed by atoms with Crippen LogP contribution in [0.4, 0.5) is 0 Å². The van der Waals surface area contributed by atoms with Crippen LogP contribution in [0.15, 0.2) is 6.33 Å². The van der Waals surface area contributed by atoms with Gasteiger partial charge in [0.1, 0.15) is 19.5 Å². The van der Waals surface area contributed by atoms with Gasteiger partial charge in [0, 0.05) is 7.05 Å². The number of carbonyl (C=O) groups is 1. The standard InChI is InChI=1S/C9H8I2N4O/c1-5-6(3-16)9(14(2)13-5)15-4-12-7(10)8(15)11/h3-4H,1-2H3. The average Bonchev–Trinajstić information content (AvgIpc) is 2.69. The van der Waals surface area contributed by atoms with E-state index in [4.69, 9.17) is 0 Å². The van der Waals surface area contributed by atoms with Gasteiger partial charge in [-0.2, -0.15) is 5.10 Å². The molecule has 0 bridgehead atoms. The first-order valence-electron chi connectivity index (χ1n) is 4.43. The zero-order chi connectivity index (χ0) is 11.9. The van der Waals surface area contributed by atoms with Crippen LogP contribution in [0.3, 0.4) is 0 Å². The molecule has 0 N–H and O–H groups in total. The van der Waals surface area contributed by atoms with Gasteiger partial charge in [-0.1, -0.05) is 0 Å². The number of rotatable bonds is 2. The number of carbonyl (C=O) groups excluding carboxylic acids is 1. The van der Waals surface area contributed by atoms with Gasteiger partial charge in [0.05, 0.1) is 11.3 Å². The molecule has 2 heterocycles. The Hall–Kier alpha value is -0.450. The van der Waals surface area contributed by atoms with Gasteiger partial charge in [0.2, 0.25) is 0 Å². The summed E-state index contributed by atoms with van der Waals surface area (Å²) in [6.07, 6.45) is 2.54. The molecule has 0 spiro atoms. The van der Waals surface area contributed by atoms with E-state index in [2.05, 4.69) is 55.3 Å². The second kappa shape index (κ2) is 4.43. The summed E-state index contributed by atoms with van der Waals surface area (Å²) in [5.41, 5.74) is 1.33. The largest absolute Gasteiger partial charge is 0.298 e. The van der Waals surface area contributed by atoms with Crippen LogP contribution >= 0.6 is 45.2 Å². The molecule has 0 aliphatic heterocycles. The lowest BCUT2D eigenvalue weighted by atomic mass is 10.2. The van der Waals surface area contributed by atoms with Crippen LogP contribution in [0.1, 0.15) is 16.1 Å². The maximum atomic E-state index is 11.1. The normalized spacial score (nSPS) is 10.8. The van der Waals surface area contributed by atoms with E-state index >= 15 is 0 Å². The SMILES string of the molecule is Cc1nn(C)c(-n2cnc(I)c2I)c1C=O. The van der Waals surface area contributed by atoms with E-state index in [-0.39, 0.29) is 0 Å². The van der Waals surface area contributed by atoms with Crippen molar-refractivity contribution in [2.75, 3.05) is 0 Å². The minimum Gasteiger partial charge on any atom is -0.298 e. The first-order chi connectivity index (χ1) is 7.56. The zero-order valence-electron chi connectivity index (χ0n) is 8.61. The minimum atomic E-state index is 0.606. The summed E-state index contributed by atoms with van der Waals surface area (Å²) >= 11 is 4.36. The molecule has 0 amide bonds. The molecular weight excluding hydrogens is 434 g/mol. The molecule has 2 aromatic rings. The van der Waals surface area contributed by atoms with Gasteiger partial charge in [0.15, 0.2) is 6.29 Å². The Morgan fingerprint density at radius 1 is 1.44 bits per heavy atom. The summed E-state index contributed by atoms with van der Waals surface area (Å²) < 4.78 is 5.45. The molecular formula is C9H8I2N4O. The molecule has 0 fully saturated rings. The van der Waals surface area contributed by atoms with Crippen molar-refractivity contribution in [3.8, 4) is 5.82 Å². The van der Waals surface area contributed by atoms with Crippen LogP contribution in [0.25, 0.3) is 5.82 Å². The number of aromatic nitrogens is 4. The van der Waals surface area contributed by atoms with Crippen molar-refractivity contribution in [2.45, 2.75) is 6.92 Å².